The number of amides is 2. The third kappa shape index (κ3) is 7.24. The summed E-state index contributed by atoms with van der Waals surface area (Å²) in [5.41, 5.74) is 3.04. The van der Waals surface area contributed by atoms with Gasteiger partial charge >= 0.3 is 6.03 Å². The first-order valence-electron chi connectivity index (χ1n) is 16.9. The van der Waals surface area contributed by atoms with Gasteiger partial charge in [-0.05, 0) is 80.0 Å². The van der Waals surface area contributed by atoms with E-state index in [1.54, 1.807) is 29.0 Å². The molecule has 2 aromatic carbocycles. The molecule has 2 amide bonds. The first-order valence-corrected chi connectivity index (χ1v) is 16.9. The number of anilines is 1. The van der Waals surface area contributed by atoms with Crippen LogP contribution in [0.25, 0.3) is 5.69 Å². The molecule has 49 heavy (non-hydrogen) atoms. The molecule has 1 aliphatic carbocycles. The number of halogens is 1. The standard InChI is InChI=1S/C37H45FN8O3/c1-23-9-7-8-18-44(23)35(40)45-21-25(13-17-33(45)39)49-31-16-15-29(26-10-5-6-11-27(26)31)41-36(48)42-34-20-32(37(2,3)4)43-46(34)30-19-24(22-47)12-14-28(30)38/h5-6,10-14,17,19-21,23,29,31,39-40,47H,7-9,15-16,18,22H2,1-4H3,(H2,41,42,48)/t23-,29-,31+/m0/s1. The molecule has 6 rings (SSSR count). The maximum atomic E-state index is 15.0. The van der Waals surface area contributed by atoms with Crippen molar-refractivity contribution in [2.45, 2.75) is 90.0 Å². The fourth-order valence-corrected chi connectivity index (χ4v) is 6.61. The van der Waals surface area contributed by atoms with E-state index in [0.717, 1.165) is 36.9 Å². The molecule has 4 aromatic rings. The van der Waals surface area contributed by atoms with Crippen molar-refractivity contribution in [1.82, 2.24) is 24.6 Å². The Balaban J connectivity index is 1.20. The number of pyridine rings is 1. The minimum Gasteiger partial charge on any atom is -0.484 e. The van der Waals surface area contributed by atoms with E-state index in [-0.39, 0.29) is 47.3 Å². The summed E-state index contributed by atoms with van der Waals surface area (Å²) in [5, 5.41) is 37.6. The van der Waals surface area contributed by atoms with E-state index in [4.69, 9.17) is 15.6 Å². The highest BCUT2D eigenvalue weighted by Gasteiger charge is 2.31. The number of aromatic nitrogens is 3. The van der Waals surface area contributed by atoms with Gasteiger partial charge in [0.15, 0.2) is 0 Å². The molecule has 0 bridgehead atoms. The molecule has 1 saturated heterocycles. The van der Waals surface area contributed by atoms with E-state index < -0.39 is 11.8 Å². The maximum absolute atomic E-state index is 15.0. The molecule has 3 heterocycles. The van der Waals surface area contributed by atoms with Crippen LogP contribution < -0.4 is 20.9 Å². The van der Waals surface area contributed by atoms with E-state index in [0.29, 0.717) is 35.7 Å². The molecule has 0 spiro atoms. The summed E-state index contributed by atoms with van der Waals surface area (Å²) in [6.07, 6.45) is 5.86. The number of carbonyl (C=O) groups is 1. The third-order valence-corrected chi connectivity index (χ3v) is 9.38. The van der Waals surface area contributed by atoms with Crippen LogP contribution in [-0.2, 0) is 12.0 Å². The Labute approximate surface area is 285 Å². The largest absolute Gasteiger partial charge is 0.484 e. The molecule has 0 radical (unpaired) electrons. The van der Waals surface area contributed by atoms with Crippen molar-refractivity contribution in [2.75, 3.05) is 11.9 Å². The normalized spacial score (nSPS) is 19.2. The molecule has 11 nitrogen and oxygen atoms in total. The van der Waals surface area contributed by atoms with Gasteiger partial charge in [0.25, 0.3) is 0 Å². The van der Waals surface area contributed by atoms with Gasteiger partial charge in [0.05, 0.1) is 24.5 Å². The van der Waals surface area contributed by atoms with Crippen molar-refractivity contribution in [3.63, 3.8) is 0 Å². The lowest BCUT2D eigenvalue weighted by atomic mass is 9.85. The zero-order valence-corrected chi connectivity index (χ0v) is 28.5. The lowest BCUT2D eigenvalue weighted by molar-refractivity contribution is 0.171. The van der Waals surface area contributed by atoms with Gasteiger partial charge in [0.1, 0.15) is 34.7 Å². The number of benzene rings is 2. The van der Waals surface area contributed by atoms with Crippen LogP contribution in [0.1, 0.15) is 94.3 Å². The summed E-state index contributed by atoms with van der Waals surface area (Å²) < 4.78 is 24.5. The maximum Gasteiger partial charge on any atom is 0.320 e. The Hall–Kier alpha value is -4.97. The Morgan fingerprint density at radius 1 is 1.06 bits per heavy atom. The number of ether oxygens (including phenoxy) is 1. The number of aliphatic hydroxyl groups excluding tert-OH is 1. The molecule has 1 aliphatic heterocycles. The number of likely N-dealkylation sites (tertiary alicyclic amines) is 1. The molecule has 12 heteroatoms. The number of hydrogen-bond acceptors (Lipinski definition) is 6. The van der Waals surface area contributed by atoms with Crippen molar-refractivity contribution in [3.8, 4) is 11.4 Å². The second-order valence-corrected chi connectivity index (χ2v) is 14.0. The number of rotatable bonds is 6. The molecule has 2 aromatic heterocycles. The average molecular weight is 669 g/mol. The molecular formula is C37H45FN8O3. The van der Waals surface area contributed by atoms with Gasteiger partial charge in [-0.3, -0.25) is 20.7 Å². The van der Waals surface area contributed by atoms with Crippen LogP contribution in [0.2, 0.25) is 0 Å². The van der Waals surface area contributed by atoms with Gasteiger partial charge in [0.2, 0.25) is 5.96 Å². The molecule has 0 saturated carbocycles. The van der Waals surface area contributed by atoms with Gasteiger partial charge in [-0.2, -0.15) is 5.10 Å². The summed E-state index contributed by atoms with van der Waals surface area (Å²) in [6.45, 7) is 8.62. The number of nitrogens with zero attached hydrogens (tertiary/aromatic N) is 4. The highest BCUT2D eigenvalue weighted by atomic mass is 19.1. The molecule has 5 N–H and O–H groups in total. The van der Waals surface area contributed by atoms with E-state index in [2.05, 4.69) is 22.7 Å². The lowest BCUT2D eigenvalue weighted by Crippen LogP contribution is -2.47. The molecule has 1 fully saturated rings. The number of nitrogens with one attached hydrogen (secondary N) is 4. The Morgan fingerprint density at radius 2 is 1.84 bits per heavy atom. The van der Waals surface area contributed by atoms with E-state index >= 15 is 4.39 Å². The van der Waals surface area contributed by atoms with Gasteiger partial charge in [-0.25, -0.2) is 13.9 Å². The fourth-order valence-electron chi connectivity index (χ4n) is 6.61. The molecule has 258 valence electrons. The monoisotopic (exact) mass is 668 g/mol. The number of urea groups is 1. The van der Waals surface area contributed by atoms with Crippen molar-refractivity contribution in [1.29, 1.82) is 10.8 Å². The van der Waals surface area contributed by atoms with E-state index in [1.807, 2.05) is 49.9 Å². The van der Waals surface area contributed by atoms with Gasteiger partial charge in [0, 0.05) is 24.1 Å². The van der Waals surface area contributed by atoms with Crippen molar-refractivity contribution in [2.24, 2.45) is 0 Å². The lowest BCUT2D eigenvalue weighted by Gasteiger charge is -2.36. The predicted octanol–water partition coefficient (Wildman–Crippen LogP) is 6.52. The zero-order valence-electron chi connectivity index (χ0n) is 28.5. The highest BCUT2D eigenvalue weighted by molar-refractivity contribution is 5.89. The van der Waals surface area contributed by atoms with Crippen LogP contribution in [0.15, 0.2) is 66.9 Å². The van der Waals surface area contributed by atoms with Crippen LogP contribution >= 0.6 is 0 Å². The second-order valence-electron chi connectivity index (χ2n) is 14.0. The van der Waals surface area contributed by atoms with Crippen LogP contribution in [-0.4, -0.2) is 48.9 Å². The van der Waals surface area contributed by atoms with Crippen LogP contribution in [0.5, 0.6) is 5.75 Å². The van der Waals surface area contributed by atoms with E-state index in [1.165, 1.54) is 22.9 Å². The van der Waals surface area contributed by atoms with Gasteiger partial charge in [-0.15, -0.1) is 0 Å². The van der Waals surface area contributed by atoms with E-state index in [9.17, 15) is 9.90 Å². The second kappa shape index (κ2) is 13.9. The first-order chi connectivity index (χ1) is 23.4. The van der Waals surface area contributed by atoms with Gasteiger partial charge < -0.3 is 20.1 Å². The molecule has 2 aliphatic rings. The molecule has 3 atom stereocenters. The van der Waals surface area contributed by atoms with Crippen LogP contribution in [0, 0.1) is 16.6 Å². The van der Waals surface area contributed by atoms with Crippen molar-refractivity contribution >= 4 is 17.8 Å². The third-order valence-electron chi connectivity index (χ3n) is 9.38. The smallest absolute Gasteiger partial charge is 0.320 e. The summed E-state index contributed by atoms with van der Waals surface area (Å²) in [5.74, 6) is 0.617. The molecule has 0 unspecified atom stereocenters. The number of piperidine rings is 1. The minimum absolute atomic E-state index is 0.126. The average Bonchev–Trinajstić information content (AvgIpc) is 3.51. The zero-order chi connectivity index (χ0) is 34.9. The number of carbonyl (C=O) groups excluding carboxylic acids is 1. The number of fused-ring (bicyclic) bond motifs is 1. The van der Waals surface area contributed by atoms with Gasteiger partial charge in [-0.1, -0.05) is 51.1 Å². The summed E-state index contributed by atoms with van der Waals surface area (Å²) >= 11 is 0. The Bertz CT molecular complexity index is 1910. The Kier molecular flexibility index (Phi) is 9.60. The predicted molar refractivity (Wildman–Crippen MR) is 186 cm³/mol. The van der Waals surface area contributed by atoms with Crippen molar-refractivity contribution < 1.29 is 19.0 Å². The van der Waals surface area contributed by atoms with Crippen LogP contribution in [0.4, 0.5) is 15.0 Å². The minimum atomic E-state index is -0.530. The van der Waals surface area contributed by atoms with Crippen LogP contribution in [0.3, 0.4) is 0 Å². The summed E-state index contributed by atoms with van der Waals surface area (Å²) in [7, 11) is 0. The summed E-state index contributed by atoms with van der Waals surface area (Å²) in [4.78, 5) is 15.6. The summed E-state index contributed by atoms with van der Waals surface area (Å²) in [6, 6.07) is 16.8. The Morgan fingerprint density at radius 3 is 2.57 bits per heavy atom. The van der Waals surface area contributed by atoms with Crippen molar-refractivity contribution in [3.05, 3.63) is 101 Å². The number of aliphatic hydroxyl groups is 1. The topological polar surface area (TPSA) is 144 Å². The first kappa shape index (κ1) is 33.9. The SMILES string of the molecule is C[C@H]1CCCCN1C(=N)n1cc(O[C@@H]2CC[C@H](NC(=O)Nc3cc(C(C)(C)C)nn3-c3cc(CO)ccc3F)c3ccccc32)ccc1=N. The number of hydrogen-bond donors (Lipinski definition) is 5. The molecular weight excluding hydrogens is 623 g/mol. The fraction of sp³-hybridized carbons (Fsp3) is 0.405. The highest BCUT2D eigenvalue weighted by Crippen LogP contribution is 2.39. The quantitative estimate of drug-likeness (QED) is 0.117.